The predicted octanol–water partition coefficient (Wildman–Crippen LogP) is 5.67. The molecule has 0 spiro atoms. The van der Waals surface area contributed by atoms with Crippen LogP contribution in [-0.4, -0.2) is 0 Å². The molecule has 1 radical (unpaired) electrons. The molecule has 0 aromatic rings. The van der Waals surface area contributed by atoms with Crippen molar-refractivity contribution in [2.45, 2.75) is 48.5 Å². The molecule has 3 heteroatoms. The second kappa shape index (κ2) is 11.5. The van der Waals surface area contributed by atoms with E-state index >= 15 is 0 Å². The fourth-order valence-corrected chi connectivity index (χ4v) is 1.41. The van der Waals surface area contributed by atoms with Gasteiger partial charge < -0.3 is 0 Å². The van der Waals surface area contributed by atoms with Gasteiger partial charge in [0.1, 0.15) is 0 Å². The Morgan fingerprint density at radius 3 is 1.00 bits per heavy atom. The van der Waals surface area contributed by atoms with Gasteiger partial charge in [0.05, 0.1) is 0 Å². The molecule has 0 fully saturated rings. The summed E-state index contributed by atoms with van der Waals surface area (Å²) in [4.78, 5) is 0. The molecule has 0 N–H and O–H groups in total. The molecule has 17 heavy (non-hydrogen) atoms. The average molecular weight is 353 g/mol. The Hall–Kier alpha value is 0.360. The molecule has 0 nitrogen and oxygen atoms in total. The second-order valence-electron chi connectivity index (χ2n) is 3.69. The Balaban J connectivity index is 0. The molecule has 0 saturated carbocycles. The van der Waals surface area contributed by atoms with E-state index in [1.165, 1.54) is 28.2 Å². The van der Waals surface area contributed by atoms with Crippen LogP contribution < -0.4 is 0 Å². The fourth-order valence-electron chi connectivity index (χ4n) is 1.41. The summed E-state index contributed by atoms with van der Waals surface area (Å²) in [6.07, 6.45) is 0. The van der Waals surface area contributed by atoms with Gasteiger partial charge in [0.15, 0.2) is 0 Å². The van der Waals surface area contributed by atoms with Gasteiger partial charge in [0.25, 0.3) is 0 Å². The van der Waals surface area contributed by atoms with E-state index in [9.17, 15) is 0 Å². The van der Waals surface area contributed by atoms with Crippen molar-refractivity contribution in [2.75, 3.05) is 0 Å². The summed E-state index contributed by atoms with van der Waals surface area (Å²) < 4.78 is 0. The SMILES string of the molecule is CC#CC.C[C]1C(C)=C(C)C(C)=C1C.[Cl][Nb][Cl]. The molecule has 96 valence electrons. The van der Waals surface area contributed by atoms with Crippen LogP contribution in [0, 0.1) is 17.8 Å². The zero-order chi connectivity index (χ0) is 14.0. The molecule has 1 aliphatic rings. The monoisotopic (exact) mass is 352 g/mol. The first-order valence-corrected chi connectivity index (χ1v) is 11.0. The third-order valence-corrected chi connectivity index (χ3v) is 3.06. The minimum atomic E-state index is -0.706. The normalized spacial score (nSPS) is 14.2. The first-order valence-electron chi connectivity index (χ1n) is 5.34. The zero-order valence-corrected chi connectivity index (χ0v) is 15.4. The van der Waals surface area contributed by atoms with Crippen LogP contribution in [-0.2, 0) is 17.6 Å². The topological polar surface area (TPSA) is 0 Å². The number of hydrogen-bond donors (Lipinski definition) is 0. The van der Waals surface area contributed by atoms with E-state index in [2.05, 4.69) is 46.5 Å². The summed E-state index contributed by atoms with van der Waals surface area (Å²) in [7, 11) is 9.83. The fraction of sp³-hybridized carbons (Fsp3) is 0.500. The number of allylic oxidation sites excluding steroid dienone is 4. The Labute approximate surface area is 124 Å². The van der Waals surface area contributed by atoms with E-state index < -0.39 is 17.6 Å². The van der Waals surface area contributed by atoms with E-state index in [0.717, 1.165) is 0 Å². The van der Waals surface area contributed by atoms with Crippen molar-refractivity contribution in [1.29, 1.82) is 0 Å². The summed E-state index contributed by atoms with van der Waals surface area (Å²) in [5.41, 5.74) is 5.87. The number of hydrogen-bond acceptors (Lipinski definition) is 0. The van der Waals surface area contributed by atoms with Crippen LogP contribution in [0.15, 0.2) is 22.3 Å². The Morgan fingerprint density at radius 2 is 0.941 bits per heavy atom. The van der Waals surface area contributed by atoms with Gasteiger partial charge in [-0.1, -0.05) is 18.1 Å². The summed E-state index contributed by atoms with van der Waals surface area (Å²) >= 11 is -0.706. The Morgan fingerprint density at radius 1 is 0.706 bits per heavy atom. The molecule has 0 amide bonds. The third kappa shape index (κ3) is 7.39. The minimum absolute atomic E-state index is 0.706. The van der Waals surface area contributed by atoms with Crippen molar-refractivity contribution in [3.63, 3.8) is 0 Å². The molecule has 0 saturated heterocycles. The van der Waals surface area contributed by atoms with Crippen LogP contribution in [0.3, 0.4) is 0 Å². The van der Waals surface area contributed by atoms with Crippen LogP contribution in [0.25, 0.3) is 0 Å². The Kier molecular flexibility index (Phi) is 13.3. The van der Waals surface area contributed by atoms with Crippen molar-refractivity contribution in [2.24, 2.45) is 0 Å². The van der Waals surface area contributed by atoms with Crippen molar-refractivity contribution in [3.8, 4) is 11.8 Å². The van der Waals surface area contributed by atoms with Crippen LogP contribution >= 0.6 is 18.4 Å². The van der Waals surface area contributed by atoms with Crippen LogP contribution in [0.5, 0.6) is 0 Å². The molecule has 0 bridgehead atoms. The van der Waals surface area contributed by atoms with Crippen molar-refractivity contribution < 1.29 is 17.6 Å². The van der Waals surface area contributed by atoms with Gasteiger partial charge in [0, 0.05) is 5.92 Å². The maximum atomic E-state index is 4.91. The molecule has 0 aliphatic heterocycles. The first-order chi connectivity index (χ1) is 7.88. The maximum absolute atomic E-state index is 4.91. The van der Waals surface area contributed by atoms with E-state index in [0.29, 0.717) is 0 Å². The summed E-state index contributed by atoms with van der Waals surface area (Å²) in [5.74, 6) is 6.83. The summed E-state index contributed by atoms with van der Waals surface area (Å²) in [6.45, 7) is 14.6. The van der Waals surface area contributed by atoms with Gasteiger partial charge in [-0.3, -0.25) is 0 Å². The summed E-state index contributed by atoms with van der Waals surface area (Å²) in [6, 6.07) is 0. The molecule has 0 heterocycles. The van der Waals surface area contributed by atoms with E-state index in [1.807, 2.05) is 13.8 Å². The Bertz CT molecular complexity index is 313. The average Bonchev–Trinajstić information content (AvgIpc) is 2.49. The van der Waals surface area contributed by atoms with Gasteiger partial charge in [0.2, 0.25) is 0 Å². The summed E-state index contributed by atoms with van der Waals surface area (Å²) in [5, 5.41) is 0. The van der Waals surface area contributed by atoms with Gasteiger partial charge in [-0.05, 0) is 52.7 Å². The molecule has 0 aromatic carbocycles. The van der Waals surface area contributed by atoms with Crippen molar-refractivity contribution in [1.82, 2.24) is 0 Å². The van der Waals surface area contributed by atoms with Gasteiger partial charge in [-0.2, -0.15) is 0 Å². The second-order valence-corrected chi connectivity index (χ2v) is 7.03. The van der Waals surface area contributed by atoms with Crippen LogP contribution in [0.1, 0.15) is 48.5 Å². The van der Waals surface area contributed by atoms with Crippen molar-refractivity contribution in [3.05, 3.63) is 28.2 Å². The molecule has 0 atom stereocenters. The number of rotatable bonds is 0. The first kappa shape index (κ1) is 19.7. The van der Waals surface area contributed by atoms with Gasteiger partial charge in [-0.15, -0.1) is 11.8 Å². The molecule has 1 aliphatic carbocycles. The van der Waals surface area contributed by atoms with Crippen LogP contribution in [0.2, 0.25) is 0 Å². The molecule has 0 unspecified atom stereocenters. The molecule has 1 rings (SSSR count). The third-order valence-electron chi connectivity index (χ3n) is 3.06. The quantitative estimate of drug-likeness (QED) is 0.389. The van der Waals surface area contributed by atoms with Gasteiger partial charge >= 0.3 is 36.0 Å². The standard InChI is InChI=1S/C10H15.C4H6.2ClH.Nb/c1-6-7(2)9(4)10(5)8(6)3;1-3-4-2;;;/h1-5H3;1-2H3;2*1H;/q;;;;+2/p-2. The molecular weight excluding hydrogens is 332 g/mol. The van der Waals surface area contributed by atoms with E-state index in [4.69, 9.17) is 18.4 Å². The van der Waals surface area contributed by atoms with Crippen LogP contribution in [0.4, 0.5) is 0 Å². The van der Waals surface area contributed by atoms with E-state index in [-0.39, 0.29) is 0 Å². The molecular formula is C14H21Cl2Nb. The number of halogens is 2. The predicted molar refractivity (Wildman–Crippen MR) is 76.5 cm³/mol. The van der Waals surface area contributed by atoms with E-state index in [1.54, 1.807) is 0 Å². The zero-order valence-electron chi connectivity index (χ0n) is 11.7. The molecule has 0 aromatic heterocycles. The van der Waals surface area contributed by atoms with Crippen molar-refractivity contribution >= 4 is 18.4 Å². The van der Waals surface area contributed by atoms with Gasteiger partial charge in [-0.25, -0.2) is 0 Å².